The van der Waals surface area contributed by atoms with E-state index in [1.165, 1.54) is 11.1 Å². The zero-order chi connectivity index (χ0) is 28.0. The smallest absolute Gasteiger partial charge is 0.407 e. The van der Waals surface area contributed by atoms with E-state index in [1.807, 2.05) is 26.8 Å². The minimum absolute atomic E-state index is 0.0140. The number of alkyl carbamates (subject to hydrolysis) is 1. The summed E-state index contributed by atoms with van der Waals surface area (Å²) in [6.07, 6.45) is 5.02. The fraction of sp³-hybridized carbons (Fsp3) is 0.548. The van der Waals surface area contributed by atoms with Gasteiger partial charge >= 0.3 is 6.09 Å². The highest BCUT2D eigenvalue weighted by molar-refractivity contribution is 5.82. The lowest BCUT2D eigenvalue weighted by atomic mass is 9.77. The number of phenolic OH excluding ortho intramolecular Hbond substituents is 1. The molecule has 39 heavy (non-hydrogen) atoms. The van der Waals surface area contributed by atoms with Crippen LogP contribution in [0.3, 0.4) is 0 Å². The Morgan fingerprint density at radius 2 is 1.82 bits per heavy atom. The van der Waals surface area contributed by atoms with E-state index in [0.717, 1.165) is 55.3 Å². The minimum Gasteiger partial charge on any atom is -0.504 e. The number of hydrogen-bond donors (Lipinski definition) is 3. The summed E-state index contributed by atoms with van der Waals surface area (Å²) in [7, 11) is 2.18. The van der Waals surface area contributed by atoms with Crippen LogP contribution < -0.4 is 15.4 Å². The Hall–Kier alpha value is -3.26. The van der Waals surface area contributed by atoms with Crippen molar-refractivity contribution in [3.8, 4) is 22.6 Å². The molecule has 1 atom stereocenters. The zero-order valence-electron chi connectivity index (χ0n) is 23.8. The van der Waals surface area contributed by atoms with Crippen molar-refractivity contribution in [3.63, 3.8) is 0 Å². The molecule has 1 heterocycles. The number of fused-ring (bicyclic) bond motifs is 2. The standard InChI is InChI=1S/C31H43N3O5/c1-31(2,3)39-30(37)33-16-7-5-6-12-26(35)32-17-9-19-38-25-14-13-22-20-24-27-21(15-18-34(24)4)10-8-11-23(27)28(22)29(25)36/h8,10-11,13-14,24,36H,5-7,9,12,15-20H2,1-4H3,(H,32,35)(H,33,37)/t24-/m1/s1. The number of amides is 2. The van der Waals surface area contributed by atoms with Gasteiger partial charge in [0, 0.05) is 37.7 Å². The number of unbranched alkanes of at least 4 members (excludes halogenated alkanes) is 2. The van der Waals surface area contributed by atoms with Gasteiger partial charge in [0.05, 0.1) is 6.61 Å². The Kier molecular flexibility index (Phi) is 9.38. The molecule has 0 spiro atoms. The number of benzene rings is 2. The molecule has 2 amide bonds. The number of carbonyl (C=O) groups is 2. The zero-order valence-corrected chi connectivity index (χ0v) is 23.8. The average molecular weight is 538 g/mol. The maximum atomic E-state index is 12.1. The van der Waals surface area contributed by atoms with Crippen LogP contribution in [0.15, 0.2) is 30.3 Å². The van der Waals surface area contributed by atoms with Crippen molar-refractivity contribution < 1.29 is 24.2 Å². The number of ether oxygens (including phenoxy) is 2. The number of likely N-dealkylation sites (N-methyl/N-ethyl adjacent to an activating group) is 1. The molecule has 2 aliphatic rings. The largest absolute Gasteiger partial charge is 0.504 e. The van der Waals surface area contributed by atoms with Crippen molar-refractivity contribution in [2.24, 2.45) is 0 Å². The van der Waals surface area contributed by atoms with Crippen molar-refractivity contribution in [2.45, 2.75) is 77.4 Å². The molecule has 1 aliphatic carbocycles. The Balaban J connectivity index is 1.16. The lowest BCUT2D eigenvalue weighted by molar-refractivity contribution is -0.121. The highest BCUT2D eigenvalue weighted by Gasteiger charge is 2.34. The summed E-state index contributed by atoms with van der Waals surface area (Å²) in [5.74, 6) is 0.707. The van der Waals surface area contributed by atoms with Crippen molar-refractivity contribution >= 4 is 12.0 Å². The number of nitrogens with one attached hydrogen (secondary N) is 2. The SMILES string of the molecule is CN1CCc2cccc3c2[C@H]1Cc1ccc(OCCCNC(=O)CCCCCNC(=O)OC(C)(C)C)c(O)c1-3. The minimum atomic E-state index is -0.502. The third-order valence-corrected chi connectivity index (χ3v) is 7.36. The van der Waals surface area contributed by atoms with E-state index < -0.39 is 11.7 Å². The number of hydrogen-bond acceptors (Lipinski definition) is 6. The van der Waals surface area contributed by atoms with Crippen LogP contribution in [0, 0.1) is 0 Å². The summed E-state index contributed by atoms with van der Waals surface area (Å²) in [6, 6.07) is 10.7. The first kappa shape index (κ1) is 28.7. The van der Waals surface area contributed by atoms with Crippen LogP contribution >= 0.6 is 0 Å². The summed E-state index contributed by atoms with van der Waals surface area (Å²) < 4.78 is 11.1. The molecule has 8 heteroatoms. The van der Waals surface area contributed by atoms with E-state index in [0.29, 0.717) is 44.3 Å². The molecule has 0 fully saturated rings. The van der Waals surface area contributed by atoms with Crippen LogP contribution in [0.2, 0.25) is 0 Å². The van der Waals surface area contributed by atoms with Crippen LogP contribution in [0.4, 0.5) is 4.79 Å². The predicted molar refractivity (Wildman–Crippen MR) is 152 cm³/mol. The summed E-state index contributed by atoms with van der Waals surface area (Å²) in [5, 5.41) is 16.8. The first-order chi connectivity index (χ1) is 18.6. The Bertz CT molecular complexity index is 1170. The molecule has 2 aromatic carbocycles. The highest BCUT2D eigenvalue weighted by atomic mass is 16.6. The number of carbonyl (C=O) groups excluding carboxylic acids is 2. The predicted octanol–water partition coefficient (Wildman–Crippen LogP) is 5.11. The monoisotopic (exact) mass is 537 g/mol. The molecule has 4 rings (SSSR count). The Morgan fingerprint density at radius 1 is 1.03 bits per heavy atom. The van der Waals surface area contributed by atoms with Crippen molar-refractivity contribution in [1.29, 1.82) is 0 Å². The normalized spacial score (nSPS) is 16.2. The molecule has 3 N–H and O–H groups in total. The number of phenols is 1. The van der Waals surface area contributed by atoms with Crippen molar-refractivity contribution in [1.82, 2.24) is 15.5 Å². The van der Waals surface area contributed by atoms with Gasteiger partial charge in [0.1, 0.15) is 5.60 Å². The molecule has 0 unspecified atom stereocenters. The summed E-state index contributed by atoms with van der Waals surface area (Å²) in [6.45, 7) is 8.00. The molecule has 1 aliphatic heterocycles. The molecule has 0 saturated carbocycles. The summed E-state index contributed by atoms with van der Waals surface area (Å²) >= 11 is 0. The fourth-order valence-electron chi connectivity index (χ4n) is 5.45. The van der Waals surface area contributed by atoms with Gasteiger partial charge in [-0.1, -0.05) is 30.7 Å². The molecule has 0 aromatic heterocycles. The third kappa shape index (κ3) is 7.44. The lowest BCUT2D eigenvalue weighted by Gasteiger charge is -2.40. The van der Waals surface area contributed by atoms with E-state index in [4.69, 9.17) is 9.47 Å². The van der Waals surface area contributed by atoms with Gasteiger partial charge in [-0.2, -0.15) is 0 Å². The van der Waals surface area contributed by atoms with Gasteiger partial charge in [0.15, 0.2) is 11.5 Å². The quantitative estimate of drug-likeness (QED) is 0.344. The molecular weight excluding hydrogens is 494 g/mol. The number of nitrogens with zero attached hydrogens (tertiary/aromatic N) is 1. The van der Waals surface area contributed by atoms with Crippen LogP contribution in [-0.4, -0.2) is 60.9 Å². The van der Waals surface area contributed by atoms with E-state index in [-0.39, 0.29) is 11.7 Å². The molecular formula is C31H43N3O5. The Morgan fingerprint density at radius 3 is 2.62 bits per heavy atom. The second-order valence-electron chi connectivity index (χ2n) is 11.6. The Labute approximate surface area is 232 Å². The molecule has 2 aromatic rings. The maximum absolute atomic E-state index is 12.1. The summed E-state index contributed by atoms with van der Waals surface area (Å²) in [4.78, 5) is 26.2. The second-order valence-corrected chi connectivity index (χ2v) is 11.6. The van der Waals surface area contributed by atoms with Crippen LogP contribution in [0.1, 0.15) is 75.6 Å². The lowest BCUT2D eigenvalue weighted by Crippen LogP contribution is -2.35. The number of rotatable bonds is 11. The molecule has 8 nitrogen and oxygen atoms in total. The van der Waals surface area contributed by atoms with E-state index in [2.05, 4.69) is 46.8 Å². The summed E-state index contributed by atoms with van der Waals surface area (Å²) in [5.41, 5.74) is 5.37. The van der Waals surface area contributed by atoms with Crippen molar-refractivity contribution in [3.05, 3.63) is 47.0 Å². The van der Waals surface area contributed by atoms with E-state index in [9.17, 15) is 14.7 Å². The first-order valence-corrected chi connectivity index (χ1v) is 14.2. The molecule has 0 bridgehead atoms. The van der Waals surface area contributed by atoms with Crippen LogP contribution in [0.25, 0.3) is 11.1 Å². The second kappa shape index (κ2) is 12.7. The van der Waals surface area contributed by atoms with Gasteiger partial charge in [-0.15, -0.1) is 0 Å². The van der Waals surface area contributed by atoms with Gasteiger partial charge in [0.25, 0.3) is 0 Å². The fourth-order valence-corrected chi connectivity index (χ4v) is 5.45. The van der Waals surface area contributed by atoms with Crippen molar-refractivity contribution in [2.75, 3.05) is 33.3 Å². The molecule has 0 radical (unpaired) electrons. The average Bonchev–Trinajstić information content (AvgIpc) is 2.88. The maximum Gasteiger partial charge on any atom is 0.407 e. The van der Waals surface area contributed by atoms with Gasteiger partial charge in [-0.25, -0.2) is 4.79 Å². The first-order valence-electron chi connectivity index (χ1n) is 14.2. The van der Waals surface area contributed by atoms with E-state index in [1.54, 1.807) is 0 Å². The van der Waals surface area contributed by atoms with Crippen LogP contribution in [-0.2, 0) is 22.4 Å². The molecule has 0 saturated heterocycles. The van der Waals surface area contributed by atoms with E-state index >= 15 is 0 Å². The highest BCUT2D eigenvalue weighted by Crippen LogP contribution is 2.50. The van der Waals surface area contributed by atoms with Gasteiger partial charge < -0.3 is 25.2 Å². The molecule has 212 valence electrons. The third-order valence-electron chi connectivity index (χ3n) is 7.36. The van der Waals surface area contributed by atoms with Crippen LogP contribution in [0.5, 0.6) is 11.5 Å². The van der Waals surface area contributed by atoms with Gasteiger partial charge in [-0.3, -0.25) is 9.69 Å². The number of aromatic hydroxyl groups is 1. The van der Waals surface area contributed by atoms with Gasteiger partial charge in [0.2, 0.25) is 5.91 Å². The van der Waals surface area contributed by atoms with Gasteiger partial charge in [-0.05, 0) is 88.2 Å². The topological polar surface area (TPSA) is 100 Å².